The molecule has 2 amide bonds. The lowest BCUT2D eigenvalue weighted by Gasteiger charge is -2.06. The Hall–Kier alpha value is -3.48. The first-order valence-corrected chi connectivity index (χ1v) is 7.42. The van der Waals surface area contributed by atoms with Gasteiger partial charge in [0.05, 0.1) is 11.8 Å². The molecule has 0 saturated heterocycles. The highest BCUT2D eigenvalue weighted by atomic mass is 16.4. The van der Waals surface area contributed by atoms with E-state index in [2.05, 4.69) is 15.8 Å². The van der Waals surface area contributed by atoms with Crippen LogP contribution in [0.15, 0.2) is 47.6 Å². The number of hydrazone groups is 1. The van der Waals surface area contributed by atoms with Gasteiger partial charge in [0, 0.05) is 11.3 Å². The minimum Gasteiger partial charge on any atom is -0.478 e. The fourth-order valence-corrected chi connectivity index (χ4v) is 2.25. The predicted octanol–water partition coefficient (Wildman–Crippen LogP) is 2.09. The van der Waals surface area contributed by atoms with E-state index in [0.717, 1.165) is 11.1 Å². The zero-order valence-corrected chi connectivity index (χ0v) is 13.7. The molecular formula is C18H17N3O4. The summed E-state index contributed by atoms with van der Waals surface area (Å²) in [5.74, 6) is -2.93. The Balaban J connectivity index is 2.00. The Morgan fingerprint density at radius 1 is 1.00 bits per heavy atom. The minimum atomic E-state index is -1.11. The molecule has 0 spiro atoms. The van der Waals surface area contributed by atoms with Gasteiger partial charge >= 0.3 is 17.8 Å². The molecule has 128 valence electrons. The van der Waals surface area contributed by atoms with E-state index in [1.807, 2.05) is 19.9 Å². The maximum atomic E-state index is 11.9. The van der Waals surface area contributed by atoms with Crippen LogP contribution < -0.4 is 10.7 Å². The van der Waals surface area contributed by atoms with Gasteiger partial charge in [-0.25, -0.2) is 10.2 Å². The van der Waals surface area contributed by atoms with Crippen LogP contribution in [-0.4, -0.2) is 29.1 Å². The van der Waals surface area contributed by atoms with Crippen molar-refractivity contribution in [3.05, 3.63) is 64.7 Å². The molecule has 0 aliphatic rings. The molecule has 0 saturated carbocycles. The Morgan fingerprint density at radius 2 is 1.64 bits per heavy atom. The highest BCUT2D eigenvalue weighted by Crippen LogP contribution is 2.13. The molecule has 0 radical (unpaired) electrons. The number of carboxylic acids is 1. The van der Waals surface area contributed by atoms with Gasteiger partial charge in [0.15, 0.2) is 0 Å². The van der Waals surface area contributed by atoms with Gasteiger partial charge in [-0.2, -0.15) is 5.10 Å². The summed E-state index contributed by atoms with van der Waals surface area (Å²) in [6, 6.07) is 11.6. The van der Waals surface area contributed by atoms with Crippen molar-refractivity contribution in [2.75, 3.05) is 5.32 Å². The second kappa shape index (κ2) is 7.87. The largest absolute Gasteiger partial charge is 0.478 e. The normalized spacial score (nSPS) is 10.5. The van der Waals surface area contributed by atoms with E-state index in [0.29, 0.717) is 11.3 Å². The Kier molecular flexibility index (Phi) is 5.62. The minimum absolute atomic E-state index is 0.0418. The molecule has 0 aliphatic heterocycles. The van der Waals surface area contributed by atoms with Gasteiger partial charge in [-0.15, -0.1) is 0 Å². The summed E-state index contributed by atoms with van der Waals surface area (Å²) in [5.41, 5.74) is 4.85. The Labute approximate surface area is 144 Å². The van der Waals surface area contributed by atoms with Crippen LogP contribution >= 0.6 is 0 Å². The first-order chi connectivity index (χ1) is 11.9. The van der Waals surface area contributed by atoms with Gasteiger partial charge in [0.25, 0.3) is 0 Å². The number of carbonyl (C=O) groups excluding carboxylic acids is 2. The molecule has 2 rings (SSSR count). The third-order valence-corrected chi connectivity index (χ3v) is 3.25. The van der Waals surface area contributed by atoms with Crippen LogP contribution in [0.5, 0.6) is 0 Å². The van der Waals surface area contributed by atoms with Crippen molar-refractivity contribution in [2.45, 2.75) is 13.8 Å². The summed E-state index contributed by atoms with van der Waals surface area (Å²) in [4.78, 5) is 34.7. The van der Waals surface area contributed by atoms with Gasteiger partial charge < -0.3 is 10.4 Å². The van der Waals surface area contributed by atoms with Gasteiger partial charge in [0.2, 0.25) is 0 Å². The monoisotopic (exact) mass is 339 g/mol. The molecule has 3 N–H and O–H groups in total. The molecule has 2 aromatic rings. The average Bonchev–Trinajstić information content (AvgIpc) is 2.54. The number of rotatable bonds is 4. The van der Waals surface area contributed by atoms with Crippen molar-refractivity contribution in [3.63, 3.8) is 0 Å². The van der Waals surface area contributed by atoms with E-state index in [9.17, 15) is 14.4 Å². The summed E-state index contributed by atoms with van der Waals surface area (Å²) >= 11 is 0. The molecule has 0 heterocycles. The van der Waals surface area contributed by atoms with Gasteiger partial charge in [0.1, 0.15) is 0 Å². The van der Waals surface area contributed by atoms with Crippen molar-refractivity contribution in [2.24, 2.45) is 5.10 Å². The topological polar surface area (TPSA) is 108 Å². The smallest absolute Gasteiger partial charge is 0.336 e. The number of nitrogens with zero attached hydrogens (tertiary/aromatic N) is 1. The van der Waals surface area contributed by atoms with Crippen LogP contribution in [0.1, 0.15) is 27.0 Å². The second-order valence-electron chi connectivity index (χ2n) is 5.42. The maximum Gasteiger partial charge on any atom is 0.336 e. The third kappa shape index (κ3) is 5.00. The first kappa shape index (κ1) is 17.9. The number of carboxylic acid groups (broad SMARTS) is 1. The van der Waals surface area contributed by atoms with Crippen LogP contribution in [0, 0.1) is 13.8 Å². The fourth-order valence-electron chi connectivity index (χ4n) is 2.25. The number of amides is 2. The van der Waals surface area contributed by atoms with E-state index >= 15 is 0 Å². The zero-order chi connectivity index (χ0) is 18.4. The number of carbonyl (C=O) groups is 3. The molecule has 7 heteroatoms. The summed E-state index contributed by atoms with van der Waals surface area (Å²) in [6.07, 6.45) is 1.17. The number of hydrogen-bond donors (Lipinski definition) is 3. The van der Waals surface area contributed by atoms with Crippen LogP contribution in [0.4, 0.5) is 5.69 Å². The van der Waals surface area contributed by atoms with Crippen LogP contribution in [0.3, 0.4) is 0 Å². The highest BCUT2D eigenvalue weighted by Gasteiger charge is 2.13. The summed E-state index contributed by atoms with van der Waals surface area (Å²) in [7, 11) is 0. The van der Waals surface area contributed by atoms with E-state index < -0.39 is 17.8 Å². The molecule has 0 fully saturated rings. The number of aromatic carboxylic acids is 1. The van der Waals surface area contributed by atoms with Crippen molar-refractivity contribution in [1.82, 2.24) is 5.43 Å². The molecule has 0 bridgehead atoms. The van der Waals surface area contributed by atoms with Crippen LogP contribution in [-0.2, 0) is 9.59 Å². The number of benzene rings is 2. The molecule has 0 aromatic heterocycles. The van der Waals surface area contributed by atoms with E-state index in [-0.39, 0.29) is 5.56 Å². The van der Waals surface area contributed by atoms with Gasteiger partial charge in [-0.1, -0.05) is 24.3 Å². The first-order valence-electron chi connectivity index (χ1n) is 7.42. The van der Waals surface area contributed by atoms with Crippen LogP contribution in [0.25, 0.3) is 0 Å². The molecule has 25 heavy (non-hydrogen) atoms. The van der Waals surface area contributed by atoms with Crippen molar-refractivity contribution in [1.29, 1.82) is 0 Å². The zero-order valence-electron chi connectivity index (χ0n) is 13.7. The number of nitrogens with one attached hydrogen (secondary N) is 2. The lowest BCUT2D eigenvalue weighted by Crippen LogP contribution is -2.32. The van der Waals surface area contributed by atoms with Gasteiger partial charge in [-0.3, -0.25) is 9.59 Å². The van der Waals surface area contributed by atoms with Gasteiger partial charge in [-0.05, 0) is 43.2 Å². The van der Waals surface area contributed by atoms with Crippen molar-refractivity contribution in [3.8, 4) is 0 Å². The standard InChI is InChI=1S/C18H17N3O4/c1-11-7-12(2)9-14(8-11)20-16(22)17(23)21-19-10-13-5-3-4-6-15(13)18(24)25/h3-10H,1-2H3,(H,20,22)(H,21,23)(H,24,25)/b19-10-. The molecular weight excluding hydrogens is 322 g/mol. The molecule has 0 atom stereocenters. The van der Waals surface area contributed by atoms with Crippen molar-refractivity contribution < 1.29 is 19.5 Å². The lowest BCUT2D eigenvalue weighted by molar-refractivity contribution is -0.136. The van der Waals surface area contributed by atoms with E-state index in [4.69, 9.17) is 5.11 Å². The SMILES string of the molecule is Cc1cc(C)cc(NC(=O)C(=O)N/N=C\c2ccccc2C(=O)O)c1. The second-order valence-corrected chi connectivity index (χ2v) is 5.42. The fraction of sp³-hybridized carbons (Fsp3) is 0.111. The maximum absolute atomic E-state index is 11.9. The number of hydrogen-bond acceptors (Lipinski definition) is 4. The van der Waals surface area contributed by atoms with Crippen molar-refractivity contribution >= 4 is 29.7 Å². The highest BCUT2D eigenvalue weighted by molar-refractivity contribution is 6.39. The lowest BCUT2D eigenvalue weighted by atomic mass is 10.1. The summed E-state index contributed by atoms with van der Waals surface area (Å²) in [5, 5.41) is 15.2. The Morgan fingerprint density at radius 3 is 2.28 bits per heavy atom. The number of anilines is 1. The molecule has 2 aromatic carbocycles. The summed E-state index contributed by atoms with van der Waals surface area (Å²) < 4.78 is 0. The average molecular weight is 339 g/mol. The predicted molar refractivity (Wildman–Crippen MR) is 93.7 cm³/mol. The van der Waals surface area contributed by atoms with E-state index in [1.54, 1.807) is 24.3 Å². The third-order valence-electron chi connectivity index (χ3n) is 3.25. The van der Waals surface area contributed by atoms with Crippen LogP contribution in [0.2, 0.25) is 0 Å². The number of aryl methyl sites for hydroxylation is 2. The quantitative estimate of drug-likeness (QED) is 0.450. The molecule has 7 nitrogen and oxygen atoms in total. The van der Waals surface area contributed by atoms with E-state index in [1.165, 1.54) is 18.3 Å². The molecule has 0 unspecified atom stereocenters. The Bertz CT molecular complexity index is 839. The summed E-state index contributed by atoms with van der Waals surface area (Å²) in [6.45, 7) is 3.76. The molecule has 0 aliphatic carbocycles.